The van der Waals surface area contributed by atoms with Crippen LogP contribution < -0.4 is 14.8 Å². The lowest BCUT2D eigenvalue weighted by molar-refractivity contribution is 0.0886. The van der Waals surface area contributed by atoms with E-state index < -0.39 is 0 Å². The van der Waals surface area contributed by atoms with Gasteiger partial charge in [0.15, 0.2) is 11.5 Å². The maximum Gasteiger partial charge on any atom is 0.166 e. The summed E-state index contributed by atoms with van der Waals surface area (Å²) in [6.45, 7) is 6.01. The molecule has 1 saturated carbocycles. The normalized spacial score (nSPS) is 15.9. The van der Waals surface area contributed by atoms with E-state index in [1.807, 2.05) is 26.0 Å². The molecule has 1 aromatic rings. The average Bonchev–Trinajstić information content (AvgIpc) is 3.24. The van der Waals surface area contributed by atoms with Crippen LogP contribution in [0, 0.1) is 0 Å². The largest absolute Gasteiger partial charge is 0.490 e. The van der Waals surface area contributed by atoms with Gasteiger partial charge in [0.2, 0.25) is 0 Å². The van der Waals surface area contributed by atoms with Gasteiger partial charge >= 0.3 is 0 Å². The highest BCUT2D eigenvalue weighted by Gasteiger charge is 2.21. The molecule has 4 nitrogen and oxygen atoms in total. The number of para-hydroxylation sites is 1. The highest BCUT2D eigenvalue weighted by molar-refractivity contribution is 5.46. The Balaban J connectivity index is 2.11. The lowest BCUT2D eigenvalue weighted by Crippen LogP contribution is -2.21. The van der Waals surface area contributed by atoms with Crippen molar-refractivity contribution in [3.63, 3.8) is 0 Å². The monoisotopic (exact) mass is 279 g/mol. The first-order valence-corrected chi connectivity index (χ1v) is 7.38. The molecule has 0 radical (unpaired) electrons. The molecule has 1 atom stereocenters. The third-order valence-electron chi connectivity index (χ3n) is 3.24. The van der Waals surface area contributed by atoms with Crippen molar-refractivity contribution in [3.05, 3.63) is 23.8 Å². The molecule has 0 amide bonds. The van der Waals surface area contributed by atoms with E-state index in [0.717, 1.165) is 23.6 Å². The van der Waals surface area contributed by atoms with Gasteiger partial charge in [0.05, 0.1) is 13.2 Å². The summed E-state index contributed by atoms with van der Waals surface area (Å²) >= 11 is 0. The Bertz CT molecular complexity index is 418. The lowest BCUT2D eigenvalue weighted by atomic mass is 10.1. The van der Waals surface area contributed by atoms with Gasteiger partial charge in [-0.15, -0.1) is 0 Å². The first-order valence-electron chi connectivity index (χ1n) is 7.38. The van der Waals surface area contributed by atoms with Crippen LogP contribution >= 0.6 is 0 Å². The van der Waals surface area contributed by atoms with Crippen molar-refractivity contribution in [2.75, 3.05) is 20.3 Å². The number of rotatable bonds is 9. The zero-order valence-electron chi connectivity index (χ0n) is 12.6. The van der Waals surface area contributed by atoms with E-state index in [1.54, 1.807) is 7.11 Å². The van der Waals surface area contributed by atoms with E-state index in [4.69, 9.17) is 14.2 Å². The molecule has 112 valence electrons. The van der Waals surface area contributed by atoms with E-state index >= 15 is 0 Å². The molecule has 0 heterocycles. The van der Waals surface area contributed by atoms with Crippen molar-refractivity contribution in [1.29, 1.82) is 0 Å². The van der Waals surface area contributed by atoms with Crippen LogP contribution in [0.3, 0.4) is 0 Å². The molecule has 1 fully saturated rings. The molecule has 0 spiro atoms. The van der Waals surface area contributed by atoms with Crippen LogP contribution in [-0.2, 0) is 11.3 Å². The van der Waals surface area contributed by atoms with E-state index in [2.05, 4.69) is 11.4 Å². The van der Waals surface area contributed by atoms with Gasteiger partial charge in [0.25, 0.3) is 0 Å². The Hall–Kier alpha value is -1.26. The molecule has 0 saturated heterocycles. The maximum atomic E-state index is 6.03. The third-order valence-corrected chi connectivity index (χ3v) is 3.24. The zero-order chi connectivity index (χ0) is 14.4. The van der Waals surface area contributed by atoms with Gasteiger partial charge in [0, 0.05) is 25.3 Å². The summed E-state index contributed by atoms with van der Waals surface area (Å²) in [5, 5.41) is 3.52. The zero-order valence-corrected chi connectivity index (χ0v) is 12.6. The van der Waals surface area contributed by atoms with Gasteiger partial charge in [-0.05, 0) is 32.8 Å². The topological polar surface area (TPSA) is 39.7 Å². The van der Waals surface area contributed by atoms with Crippen LogP contribution in [0.4, 0.5) is 0 Å². The van der Waals surface area contributed by atoms with Gasteiger partial charge in [-0.2, -0.15) is 0 Å². The Morgan fingerprint density at radius 2 is 2.15 bits per heavy atom. The predicted octanol–water partition coefficient (Wildman–Crippen LogP) is 2.75. The highest BCUT2D eigenvalue weighted by atomic mass is 16.5. The van der Waals surface area contributed by atoms with E-state index in [9.17, 15) is 0 Å². The number of ether oxygens (including phenoxy) is 3. The lowest BCUT2D eigenvalue weighted by Gasteiger charge is -2.20. The fourth-order valence-corrected chi connectivity index (χ4v) is 2.12. The molecule has 1 aliphatic rings. The molecule has 0 bridgehead atoms. The molecular formula is C16H25NO3. The molecular weight excluding hydrogens is 254 g/mol. The van der Waals surface area contributed by atoms with Gasteiger partial charge < -0.3 is 19.5 Å². The number of methoxy groups -OCH3 is 1. The Morgan fingerprint density at radius 1 is 1.35 bits per heavy atom. The van der Waals surface area contributed by atoms with Crippen LogP contribution in [0.2, 0.25) is 0 Å². The first-order chi connectivity index (χ1) is 9.74. The number of hydrogen-bond donors (Lipinski definition) is 1. The quantitative estimate of drug-likeness (QED) is 0.754. The van der Waals surface area contributed by atoms with Gasteiger partial charge in [-0.3, -0.25) is 0 Å². The van der Waals surface area contributed by atoms with Crippen molar-refractivity contribution >= 4 is 0 Å². The second-order valence-electron chi connectivity index (χ2n) is 5.22. The van der Waals surface area contributed by atoms with Crippen LogP contribution in [0.25, 0.3) is 0 Å². The SMILES string of the molecule is CCOc1cccc(CNC2CC2)c1OC(C)COC. The van der Waals surface area contributed by atoms with Crippen LogP contribution in [0.15, 0.2) is 18.2 Å². The Kier molecular flexibility index (Phi) is 5.68. The average molecular weight is 279 g/mol. The van der Waals surface area contributed by atoms with Gasteiger partial charge in [0.1, 0.15) is 6.10 Å². The van der Waals surface area contributed by atoms with Gasteiger partial charge in [-0.1, -0.05) is 12.1 Å². The van der Waals surface area contributed by atoms with Crippen LogP contribution in [-0.4, -0.2) is 32.5 Å². The first kappa shape index (κ1) is 15.1. The van der Waals surface area contributed by atoms with Gasteiger partial charge in [-0.25, -0.2) is 0 Å². The molecule has 2 rings (SSSR count). The molecule has 4 heteroatoms. The number of hydrogen-bond acceptors (Lipinski definition) is 4. The van der Waals surface area contributed by atoms with Crippen molar-refractivity contribution in [2.24, 2.45) is 0 Å². The summed E-state index contributed by atoms with van der Waals surface area (Å²) in [4.78, 5) is 0. The third kappa shape index (κ3) is 4.39. The Labute approximate surface area is 121 Å². The molecule has 1 aromatic carbocycles. The van der Waals surface area contributed by atoms with E-state index in [1.165, 1.54) is 12.8 Å². The standard InChI is InChI=1S/C16H25NO3/c1-4-19-15-7-5-6-13(10-17-14-8-9-14)16(15)20-12(2)11-18-3/h5-7,12,14,17H,4,8-11H2,1-3H3. The van der Waals surface area contributed by atoms with Crippen molar-refractivity contribution < 1.29 is 14.2 Å². The fourth-order valence-electron chi connectivity index (χ4n) is 2.12. The molecule has 0 aliphatic heterocycles. The molecule has 1 aliphatic carbocycles. The smallest absolute Gasteiger partial charge is 0.166 e. The summed E-state index contributed by atoms with van der Waals surface area (Å²) in [7, 11) is 1.68. The summed E-state index contributed by atoms with van der Waals surface area (Å²) in [6.07, 6.45) is 2.56. The summed E-state index contributed by atoms with van der Waals surface area (Å²) in [5.74, 6) is 1.65. The fraction of sp³-hybridized carbons (Fsp3) is 0.625. The molecule has 20 heavy (non-hydrogen) atoms. The molecule has 0 aromatic heterocycles. The summed E-state index contributed by atoms with van der Waals surface area (Å²) in [6, 6.07) is 6.74. The van der Waals surface area contributed by atoms with Crippen molar-refractivity contribution in [3.8, 4) is 11.5 Å². The minimum Gasteiger partial charge on any atom is -0.490 e. The summed E-state index contributed by atoms with van der Waals surface area (Å²) in [5.41, 5.74) is 1.14. The molecule has 1 unspecified atom stereocenters. The van der Waals surface area contributed by atoms with Crippen LogP contribution in [0.1, 0.15) is 32.3 Å². The van der Waals surface area contributed by atoms with Crippen molar-refractivity contribution in [2.45, 2.75) is 45.4 Å². The minimum atomic E-state index is 0.00119. The predicted molar refractivity (Wildman–Crippen MR) is 79.4 cm³/mol. The van der Waals surface area contributed by atoms with E-state index in [0.29, 0.717) is 19.3 Å². The summed E-state index contributed by atoms with van der Waals surface area (Å²) < 4.78 is 16.9. The minimum absolute atomic E-state index is 0.00119. The Morgan fingerprint density at radius 3 is 2.80 bits per heavy atom. The van der Waals surface area contributed by atoms with Crippen LogP contribution in [0.5, 0.6) is 11.5 Å². The van der Waals surface area contributed by atoms with Crippen molar-refractivity contribution in [1.82, 2.24) is 5.32 Å². The van der Waals surface area contributed by atoms with E-state index in [-0.39, 0.29) is 6.10 Å². The second kappa shape index (κ2) is 7.50. The maximum absolute atomic E-state index is 6.03. The molecule has 1 N–H and O–H groups in total. The second-order valence-corrected chi connectivity index (χ2v) is 5.22. The highest BCUT2D eigenvalue weighted by Crippen LogP contribution is 2.33. The number of nitrogens with one attached hydrogen (secondary N) is 1. The number of benzene rings is 1.